The predicted molar refractivity (Wildman–Crippen MR) is 111 cm³/mol. The molecule has 2 amide bonds. The molecule has 1 N–H and O–H groups in total. The van der Waals surface area contributed by atoms with E-state index in [1.807, 2.05) is 48.2 Å². The summed E-state index contributed by atoms with van der Waals surface area (Å²) < 4.78 is 1.64. The summed E-state index contributed by atoms with van der Waals surface area (Å²) in [6.07, 6.45) is 5.15. The van der Waals surface area contributed by atoms with Crippen LogP contribution < -0.4 is 5.32 Å². The number of rotatable bonds is 6. The minimum Gasteiger partial charge on any atom is -0.347 e. The highest BCUT2D eigenvalue weighted by molar-refractivity contribution is 5.95. The van der Waals surface area contributed by atoms with Crippen molar-refractivity contribution in [3.63, 3.8) is 0 Å². The normalized spacial score (nSPS) is 15.9. The molecule has 1 saturated heterocycles. The van der Waals surface area contributed by atoms with E-state index in [2.05, 4.69) is 20.6 Å². The van der Waals surface area contributed by atoms with E-state index < -0.39 is 0 Å². The van der Waals surface area contributed by atoms with Crippen LogP contribution in [0.4, 0.5) is 0 Å². The first-order chi connectivity index (χ1) is 14.6. The molecule has 1 fully saturated rings. The number of nitrogens with zero attached hydrogens (tertiary/aromatic N) is 5. The van der Waals surface area contributed by atoms with Crippen molar-refractivity contribution >= 4 is 11.8 Å². The smallest absolute Gasteiger partial charge is 0.273 e. The Morgan fingerprint density at radius 2 is 2.00 bits per heavy atom. The van der Waals surface area contributed by atoms with Gasteiger partial charge in [0, 0.05) is 25.0 Å². The fourth-order valence-electron chi connectivity index (χ4n) is 3.73. The van der Waals surface area contributed by atoms with Crippen molar-refractivity contribution in [2.75, 3.05) is 6.54 Å². The molecule has 3 aromatic rings. The molecule has 3 heterocycles. The van der Waals surface area contributed by atoms with Crippen LogP contribution in [0.5, 0.6) is 0 Å². The summed E-state index contributed by atoms with van der Waals surface area (Å²) in [5, 5.41) is 10.9. The number of benzene rings is 1. The van der Waals surface area contributed by atoms with Gasteiger partial charge in [-0.25, -0.2) is 4.68 Å². The summed E-state index contributed by atoms with van der Waals surface area (Å²) in [6, 6.07) is 13.3. The van der Waals surface area contributed by atoms with Crippen LogP contribution in [-0.4, -0.2) is 49.3 Å². The number of hydrogen-bond acceptors (Lipinski definition) is 5. The Labute approximate surface area is 174 Å². The molecular weight excluding hydrogens is 380 g/mol. The number of carbonyl (C=O) groups is 2. The van der Waals surface area contributed by atoms with Gasteiger partial charge in [0.1, 0.15) is 0 Å². The average molecular weight is 404 g/mol. The number of nitrogens with one attached hydrogen (secondary N) is 1. The van der Waals surface area contributed by atoms with Gasteiger partial charge in [0.2, 0.25) is 0 Å². The molecule has 2 aromatic heterocycles. The van der Waals surface area contributed by atoms with Gasteiger partial charge in [0.05, 0.1) is 24.3 Å². The maximum absolute atomic E-state index is 13.0. The van der Waals surface area contributed by atoms with Gasteiger partial charge in [-0.15, -0.1) is 5.10 Å². The molecular formula is C22H24N6O2. The zero-order valence-electron chi connectivity index (χ0n) is 16.9. The quantitative estimate of drug-likeness (QED) is 0.680. The van der Waals surface area contributed by atoms with Crippen LogP contribution in [0.2, 0.25) is 0 Å². The number of amides is 2. The minimum atomic E-state index is -0.268. The van der Waals surface area contributed by atoms with E-state index in [9.17, 15) is 9.59 Å². The zero-order valence-corrected chi connectivity index (χ0v) is 16.9. The maximum atomic E-state index is 13.0. The van der Waals surface area contributed by atoms with Crippen LogP contribution in [-0.2, 0) is 13.1 Å². The van der Waals surface area contributed by atoms with E-state index in [1.165, 1.54) is 0 Å². The monoisotopic (exact) mass is 404 g/mol. The number of aromatic nitrogens is 4. The van der Waals surface area contributed by atoms with Crippen LogP contribution in [0.25, 0.3) is 0 Å². The zero-order chi connectivity index (χ0) is 20.9. The minimum absolute atomic E-state index is 0.0101. The summed E-state index contributed by atoms with van der Waals surface area (Å²) in [5.41, 5.74) is 2.64. The van der Waals surface area contributed by atoms with Crippen molar-refractivity contribution in [2.24, 2.45) is 0 Å². The lowest BCUT2D eigenvalue weighted by molar-refractivity contribution is 0.0719. The molecule has 1 atom stereocenters. The van der Waals surface area contributed by atoms with Crippen LogP contribution in [0.1, 0.15) is 44.9 Å². The number of likely N-dealkylation sites (tertiary alicyclic amines) is 1. The van der Waals surface area contributed by atoms with Gasteiger partial charge < -0.3 is 10.2 Å². The van der Waals surface area contributed by atoms with E-state index in [1.54, 1.807) is 23.1 Å². The summed E-state index contributed by atoms with van der Waals surface area (Å²) in [5.74, 6) is -0.278. The van der Waals surface area contributed by atoms with E-state index >= 15 is 0 Å². The second-order valence-corrected chi connectivity index (χ2v) is 7.43. The van der Waals surface area contributed by atoms with E-state index in [-0.39, 0.29) is 23.6 Å². The van der Waals surface area contributed by atoms with E-state index in [0.29, 0.717) is 25.2 Å². The molecule has 1 aromatic carbocycles. The van der Waals surface area contributed by atoms with E-state index in [4.69, 9.17) is 0 Å². The van der Waals surface area contributed by atoms with Crippen LogP contribution >= 0.6 is 0 Å². The largest absolute Gasteiger partial charge is 0.347 e. The molecule has 8 heteroatoms. The van der Waals surface area contributed by atoms with Crippen molar-refractivity contribution in [1.82, 2.24) is 30.2 Å². The summed E-state index contributed by atoms with van der Waals surface area (Å²) in [4.78, 5) is 31.4. The number of pyridine rings is 1. The van der Waals surface area contributed by atoms with Crippen LogP contribution in [0.3, 0.4) is 0 Å². The third kappa shape index (κ3) is 4.37. The first kappa shape index (κ1) is 19.8. The number of carbonyl (C=O) groups excluding carboxylic acids is 2. The number of aryl methyl sites for hydroxylation is 1. The van der Waals surface area contributed by atoms with Gasteiger partial charge in [-0.3, -0.25) is 14.6 Å². The molecule has 8 nitrogen and oxygen atoms in total. The molecule has 4 rings (SSSR count). The molecule has 0 radical (unpaired) electrons. The van der Waals surface area contributed by atoms with Gasteiger partial charge in [0.15, 0.2) is 5.69 Å². The van der Waals surface area contributed by atoms with Gasteiger partial charge >= 0.3 is 0 Å². The SMILES string of the molecule is Cc1ncccc1C(=O)N1CCC[C@H]1Cn1cc(C(=O)NCc2ccccc2)nn1. The van der Waals surface area contributed by atoms with Gasteiger partial charge in [-0.1, -0.05) is 35.5 Å². The fraction of sp³-hybridized carbons (Fsp3) is 0.318. The Hall–Kier alpha value is -3.55. The Kier molecular flexibility index (Phi) is 5.83. The molecule has 154 valence electrons. The lowest BCUT2D eigenvalue weighted by Gasteiger charge is -2.25. The van der Waals surface area contributed by atoms with Crippen molar-refractivity contribution in [3.8, 4) is 0 Å². The van der Waals surface area contributed by atoms with Crippen LogP contribution in [0.15, 0.2) is 54.9 Å². The van der Waals surface area contributed by atoms with Crippen molar-refractivity contribution in [3.05, 3.63) is 77.4 Å². The van der Waals surface area contributed by atoms with Crippen molar-refractivity contribution < 1.29 is 9.59 Å². The third-order valence-corrected chi connectivity index (χ3v) is 5.34. The second-order valence-electron chi connectivity index (χ2n) is 7.43. The fourth-order valence-corrected chi connectivity index (χ4v) is 3.73. The number of hydrogen-bond donors (Lipinski definition) is 1. The predicted octanol–water partition coefficient (Wildman–Crippen LogP) is 2.22. The highest BCUT2D eigenvalue weighted by atomic mass is 16.2. The first-order valence-electron chi connectivity index (χ1n) is 10.1. The summed E-state index contributed by atoms with van der Waals surface area (Å²) >= 11 is 0. The molecule has 0 unspecified atom stereocenters. The Bertz CT molecular complexity index is 1030. The molecule has 0 aliphatic carbocycles. The third-order valence-electron chi connectivity index (χ3n) is 5.34. The molecule has 0 spiro atoms. The first-order valence-corrected chi connectivity index (χ1v) is 10.1. The summed E-state index contributed by atoms with van der Waals surface area (Å²) in [6.45, 7) is 3.49. The van der Waals surface area contributed by atoms with Gasteiger partial charge in [0.25, 0.3) is 11.8 Å². The van der Waals surface area contributed by atoms with Crippen LogP contribution in [0, 0.1) is 6.92 Å². The molecule has 0 saturated carbocycles. The lowest BCUT2D eigenvalue weighted by Crippen LogP contribution is -2.38. The standard InChI is InChI=1S/C22H24N6O2/c1-16-19(10-5-11-23-16)22(30)28-12-6-9-18(28)14-27-15-20(25-26-27)21(29)24-13-17-7-3-2-4-8-17/h2-5,7-8,10-11,15,18H,6,9,12-14H2,1H3,(H,24,29)/t18-/m0/s1. The maximum Gasteiger partial charge on any atom is 0.273 e. The Morgan fingerprint density at radius 3 is 2.80 bits per heavy atom. The van der Waals surface area contributed by atoms with Crippen molar-refractivity contribution in [1.29, 1.82) is 0 Å². The Morgan fingerprint density at radius 1 is 1.17 bits per heavy atom. The van der Waals surface area contributed by atoms with E-state index in [0.717, 1.165) is 24.1 Å². The van der Waals surface area contributed by atoms with Crippen molar-refractivity contribution in [2.45, 2.75) is 38.9 Å². The highest BCUT2D eigenvalue weighted by Crippen LogP contribution is 2.22. The van der Waals surface area contributed by atoms with Gasteiger partial charge in [-0.2, -0.15) is 0 Å². The molecule has 0 bridgehead atoms. The topological polar surface area (TPSA) is 93.0 Å². The summed E-state index contributed by atoms with van der Waals surface area (Å²) in [7, 11) is 0. The second kappa shape index (κ2) is 8.86. The average Bonchev–Trinajstić information content (AvgIpc) is 3.43. The molecule has 30 heavy (non-hydrogen) atoms. The van der Waals surface area contributed by atoms with Gasteiger partial charge in [-0.05, 0) is 37.5 Å². The molecule has 1 aliphatic rings. The lowest BCUT2D eigenvalue weighted by atomic mass is 10.1. The highest BCUT2D eigenvalue weighted by Gasteiger charge is 2.31. The molecule has 1 aliphatic heterocycles. The Balaban J connectivity index is 1.38.